The second kappa shape index (κ2) is 6.28. The van der Waals surface area contributed by atoms with E-state index < -0.39 is 0 Å². The predicted octanol–water partition coefficient (Wildman–Crippen LogP) is 3.48. The Kier molecular flexibility index (Phi) is 3.98. The van der Waals surface area contributed by atoms with E-state index >= 15 is 0 Å². The molecule has 1 aliphatic heterocycles. The van der Waals surface area contributed by atoms with Crippen molar-refractivity contribution in [2.75, 3.05) is 12.0 Å². The van der Waals surface area contributed by atoms with Crippen LogP contribution in [0, 0.1) is 0 Å². The highest BCUT2D eigenvalue weighted by atomic mass is 32.1. The highest BCUT2D eigenvalue weighted by Crippen LogP contribution is 2.30. The van der Waals surface area contributed by atoms with Crippen LogP contribution in [-0.4, -0.2) is 21.9 Å². The quantitative estimate of drug-likeness (QED) is 0.713. The van der Waals surface area contributed by atoms with E-state index in [1.54, 1.807) is 18.4 Å². The molecule has 4 rings (SSSR count). The molecule has 6 heteroatoms. The Morgan fingerprint density at radius 2 is 2.04 bits per heavy atom. The monoisotopic (exact) mass is 340 g/mol. The van der Waals surface area contributed by atoms with Crippen molar-refractivity contribution < 1.29 is 4.74 Å². The van der Waals surface area contributed by atoms with Crippen molar-refractivity contribution in [1.29, 1.82) is 0 Å². The molecule has 24 heavy (non-hydrogen) atoms. The molecule has 0 saturated carbocycles. The number of hydrogen-bond donors (Lipinski definition) is 0. The maximum atomic E-state index is 5.34. The van der Waals surface area contributed by atoms with Gasteiger partial charge in [-0.15, -0.1) is 10.2 Å². The zero-order valence-corrected chi connectivity index (χ0v) is 14.7. The molecule has 3 aromatic rings. The second-order valence-electron chi connectivity index (χ2n) is 5.96. The molecule has 3 heterocycles. The van der Waals surface area contributed by atoms with E-state index in [-0.39, 0.29) is 0 Å². The van der Waals surface area contributed by atoms with Crippen LogP contribution in [0.4, 0.5) is 5.95 Å². The summed E-state index contributed by atoms with van der Waals surface area (Å²) in [4.78, 5) is 2.29. The van der Waals surface area contributed by atoms with Gasteiger partial charge in [-0.05, 0) is 52.6 Å². The maximum absolute atomic E-state index is 5.34. The number of ether oxygens (including phenoxy) is 1. The largest absolute Gasteiger partial charge is 0.497 e. The van der Waals surface area contributed by atoms with Crippen LogP contribution in [-0.2, 0) is 26.1 Å². The van der Waals surface area contributed by atoms with Gasteiger partial charge in [-0.2, -0.15) is 11.3 Å². The minimum atomic E-state index is 0.832. The number of methoxy groups -OCH3 is 1. The molecular formula is C18H20N4OS. The van der Waals surface area contributed by atoms with E-state index in [1.807, 2.05) is 6.07 Å². The molecule has 0 atom stereocenters. The van der Waals surface area contributed by atoms with Crippen molar-refractivity contribution in [1.82, 2.24) is 14.8 Å². The molecule has 0 amide bonds. The van der Waals surface area contributed by atoms with Crippen molar-refractivity contribution in [3.05, 3.63) is 57.5 Å². The lowest BCUT2D eigenvalue weighted by atomic mass is 10.1. The fourth-order valence-corrected chi connectivity index (χ4v) is 3.90. The lowest BCUT2D eigenvalue weighted by molar-refractivity contribution is 0.414. The minimum absolute atomic E-state index is 0.832. The summed E-state index contributed by atoms with van der Waals surface area (Å²) in [6, 6.07) is 8.44. The van der Waals surface area contributed by atoms with Gasteiger partial charge in [-0.25, -0.2) is 0 Å². The summed E-state index contributed by atoms with van der Waals surface area (Å²) < 4.78 is 7.56. The third kappa shape index (κ3) is 2.67. The van der Waals surface area contributed by atoms with Crippen molar-refractivity contribution in [2.45, 2.75) is 33.0 Å². The summed E-state index contributed by atoms with van der Waals surface area (Å²) in [5, 5.41) is 13.2. The molecule has 0 radical (unpaired) electrons. The summed E-state index contributed by atoms with van der Waals surface area (Å²) in [5.74, 6) is 2.89. The van der Waals surface area contributed by atoms with Crippen LogP contribution in [0.1, 0.15) is 29.4 Å². The molecular weight excluding hydrogens is 320 g/mol. The van der Waals surface area contributed by atoms with Crippen LogP contribution in [0.15, 0.2) is 35.0 Å². The topological polar surface area (TPSA) is 43.2 Å². The number of fused-ring (bicyclic) bond motifs is 1. The van der Waals surface area contributed by atoms with Gasteiger partial charge < -0.3 is 9.64 Å². The summed E-state index contributed by atoms with van der Waals surface area (Å²) in [7, 11) is 1.71. The van der Waals surface area contributed by atoms with Crippen molar-refractivity contribution in [2.24, 2.45) is 0 Å². The summed E-state index contributed by atoms with van der Waals surface area (Å²) in [5.41, 5.74) is 3.93. The number of aromatic nitrogens is 3. The van der Waals surface area contributed by atoms with Crippen LogP contribution in [0.3, 0.4) is 0 Å². The fraction of sp³-hybridized carbons (Fsp3) is 0.333. The number of hydrogen-bond acceptors (Lipinski definition) is 5. The zero-order chi connectivity index (χ0) is 16.5. The lowest BCUT2D eigenvalue weighted by Crippen LogP contribution is -2.20. The maximum Gasteiger partial charge on any atom is 0.227 e. The van der Waals surface area contributed by atoms with Gasteiger partial charge >= 0.3 is 0 Å². The van der Waals surface area contributed by atoms with Crippen LogP contribution in [0.5, 0.6) is 5.75 Å². The van der Waals surface area contributed by atoms with Crippen molar-refractivity contribution >= 4 is 17.3 Å². The Balaban J connectivity index is 1.60. The Hall–Kier alpha value is -2.34. The van der Waals surface area contributed by atoms with Crippen LogP contribution < -0.4 is 9.64 Å². The average Bonchev–Trinajstić information content (AvgIpc) is 3.33. The Morgan fingerprint density at radius 1 is 1.17 bits per heavy atom. The Morgan fingerprint density at radius 3 is 2.79 bits per heavy atom. The van der Waals surface area contributed by atoms with Gasteiger partial charge in [0.1, 0.15) is 11.6 Å². The summed E-state index contributed by atoms with van der Waals surface area (Å²) in [6.45, 7) is 4.74. The number of anilines is 1. The van der Waals surface area contributed by atoms with Gasteiger partial charge in [0.2, 0.25) is 5.95 Å². The molecule has 0 aliphatic carbocycles. The first kappa shape index (κ1) is 15.2. The average molecular weight is 340 g/mol. The number of benzene rings is 1. The van der Waals surface area contributed by atoms with Crippen molar-refractivity contribution in [3.8, 4) is 5.75 Å². The van der Waals surface area contributed by atoms with Crippen molar-refractivity contribution in [3.63, 3.8) is 0 Å². The standard InChI is InChI=1S/C18H20N4OS/c1-3-22-17(8-13-6-7-24-12-13)19-20-18(22)21-10-14-4-5-16(23-2)9-15(14)11-21/h4-7,9,12H,3,8,10-11H2,1-2H3. The van der Waals surface area contributed by atoms with Crippen LogP contribution >= 0.6 is 11.3 Å². The van der Waals surface area contributed by atoms with Crippen LogP contribution in [0.25, 0.3) is 0 Å². The van der Waals surface area contributed by atoms with E-state index in [0.717, 1.165) is 43.6 Å². The molecule has 0 unspecified atom stereocenters. The molecule has 0 bridgehead atoms. The van der Waals surface area contributed by atoms with Gasteiger partial charge in [-0.3, -0.25) is 4.57 Å². The van der Waals surface area contributed by atoms with Gasteiger partial charge in [-0.1, -0.05) is 6.07 Å². The minimum Gasteiger partial charge on any atom is -0.497 e. The summed E-state index contributed by atoms with van der Waals surface area (Å²) >= 11 is 1.72. The molecule has 2 aromatic heterocycles. The Bertz CT molecular complexity index is 841. The van der Waals surface area contributed by atoms with E-state index in [9.17, 15) is 0 Å². The van der Waals surface area contributed by atoms with Gasteiger partial charge in [0.15, 0.2) is 0 Å². The molecule has 1 aromatic carbocycles. The lowest BCUT2D eigenvalue weighted by Gasteiger charge is -2.17. The molecule has 0 spiro atoms. The van der Waals surface area contributed by atoms with E-state index in [0.29, 0.717) is 0 Å². The third-order valence-electron chi connectivity index (χ3n) is 4.49. The first-order valence-electron chi connectivity index (χ1n) is 8.12. The third-order valence-corrected chi connectivity index (χ3v) is 5.22. The number of nitrogens with zero attached hydrogens (tertiary/aromatic N) is 4. The predicted molar refractivity (Wildman–Crippen MR) is 95.7 cm³/mol. The molecule has 0 N–H and O–H groups in total. The van der Waals surface area contributed by atoms with E-state index in [4.69, 9.17) is 4.74 Å². The van der Waals surface area contributed by atoms with Gasteiger partial charge in [0.05, 0.1) is 7.11 Å². The zero-order valence-electron chi connectivity index (χ0n) is 13.9. The molecule has 124 valence electrons. The normalized spacial score (nSPS) is 13.3. The SMILES string of the molecule is CCn1c(Cc2ccsc2)nnc1N1Cc2ccc(OC)cc2C1. The second-order valence-corrected chi connectivity index (χ2v) is 6.74. The van der Waals surface area contributed by atoms with Gasteiger partial charge in [0, 0.05) is 26.1 Å². The van der Waals surface area contributed by atoms with Crippen LogP contribution in [0.2, 0.25) is 0 Å². The van der Waals surface area contributed by atoms with E-state index in [1.165, 1.54) is 16.7 Å². The molecule has 0 saturated heterocycles. The molecule has 0 fully saturated rings. The molecule has 1 aliphatic rings. The smallest absolute Gasteiger partial charge is 0.227 e. The highest BCUT2D eigenvalue weighted by Gasteiger charge is 2.24. The highest BCUT2D eigenvalue weighted by molar-refractivity contribution is 7.07. The molecule has 5 nitrogen and oxygen atoms in total. The first-order valence-corrected chi connectivity index (χ1v) is 9.06. The number of rotatable bonds is 5. The van der Waals surface area contributed by atoms with Gasteiger partial charge in [0.25, 0.3) is 0 Å². The van der Waals surface area contributed by atoms with E-state index in [2.05, 4.69) is 55.5 Å². The fourth-order valence-electron chi connectivity index (χ4n) is 3.23. The summed E-state index contributed by atoms with van der Waals surface area (Å²) in [6.07, 6.45) is 0.832. The Labute approximate surface area is 145 Å². The first-order chi connectivity index (χ1) is 11.8. The number of thiophene rings is 1.